The van der Waals surface area contributed by atoms with Crippen LogP contribution in [0.4, 0.5) is 0 Å². The zero-order valence-corrected chi connectivity index (χ0v) is 22.7. The number of nitrogens with two attached hydrogens (primary N) is 1. The van der Waals surface area contributed by atoms with Crippen molar-refractivity contribution in [3.63, 3.8) is 0 Å². The number of halogens is 1. The molecule has 2 N–H and O–H groups in total. The number of fused-ring (bicyclic) bond motifs is 1. The summed E-state index contributed by atoms with van der Waals surface area (Å²) in [5.41, 5.74) is 5.70. The van der Waals surface area contributed by atoms with Crippen LogP contribution >= 0.6 is 11.6 Å². The van der Waals surface area contributed by atoms with Gasteiger partial charge in [-0.15, -0.1) is 0 Å². The minimum absolute atomic E-state index is 0.00129. The molecule has 1 atom stereocenters. The standard InChI is InChI=1S/C26H33ClN4O5S/c1-17(28)29-22-8-4-18(5-9-22)26(33)30-11-12-31(23(16-30)15-25(32)36-2)37(34,35)24-10-6-19-13-21(27)7-3-20(19)14-24/h3,6-7,10,13-14,18,22-23H,4-5,8-9,11-12,15-16H2,1-2H3,(H2,28,29). The molecule has 37 heavy (non-hydrogen) atoms. The van der Waals surface area contributed by atoms with Crippen molar-refractivity contribution in [1.82, 2.24) is 9.21 Å². The fourth-order valence-corrected chi connectivity index (χ4v) is 7.11. The molecule has 1 saturated heterocycles. The molecule has 1 amide bonds. The van der Waals surface area contributed by atoms with Crippen LogP contribution in [-0.2, 0) is 24.3 Å². The van der Waals surface area contributed by atoms with E-state index >= 15 is 0 Å². The lowest BCUT2D eigenvalue weighted by molar-refractivity contribution is -0.145. The quantitative estimate of drug-likeness (QED) is 0.336. The zero-order chi connectivity index (χ0) is 26.7. The molecule has 200 valence electrons. The first-order valence-corrected chi connectivity index (χ1v) is 14.3. The summed E-state index contributed by atoms with van der Waals surface area (Å²) in [6.07, 6.45) is 2.86. The van der Waals surface area contributed by atoms with E-state index in [0.717, 1.165) is 23.6 Å². The van der Waals surface area contributed by atoms with E-state index in [4.69, 9.17) is 22.1 Å². The largest absolute Gasteiger partial charge is 0.469 e. The molecule has 4 rings (SSSR count). The van der Waals surface area contributed by atoms with E-state index in [9.17, 15) is 18.0 Å². The molecule has 2 aromatic carbocycles. The molecule has 2 fully saturated rings. The molecule has 0 spiro atoms. The molecular formula is C26H33ClN4O5S. The Morgan fingerprint density at radius 1 is 1.08 bits per heavy atom. The molecule has 11 heteroatoms. The number of rotatable bonds is 6. The van der Waals surface area contributed by atoms with E-state index < -0.39 is 22.0 Å². The van der Waals surface area contributed by atoms with Crippen molar-refractivity contribution in [3.05, 3.63) is 41.4 Å². The van der Waals surface area contributed by atoms with Gasteiger partial charge in [0.25, 0.3) is 0 Å². The average molecular weight is 549 g/mol. The Kier molecular flexibility index (Phi) is 8.40. The predicted octanol–water partition coefficient (Wildman–Crippen LogP) is 3.19. The number of carbonyl (C=O) groups excluding carboxylic acids is 2. The number of ether oxygens (including phenoxy) is 1. The summed E-state index contributed by atoms with van der Waals surface area (Å²) in [5, 5.41) is 2.14. The molecular weight excluding hydrogens is 516 g/mol. The first-order chi connectivity index (χ1) is 17.6. The van der Waals surface area contributed by atoms with Gasteiger partial charge >= 0.3 is 5.97 Å². The number of sulfonamides is 1. The Morgan fingerprint density at radius 3 is 2.43 bits per heavy atom. The van der Waals surface area contributed by atoms with Crippen molar-refractivity contribution in [1.29, 1.82) is 0 Å². The molecule has 0 radical (unpaired) electrons. The molecule has 9 nitrogen and oxygen atoms in total. The lowest BCUT2D eigenvalue weighted by Crippen LogP contribution is -2.58. The van der Waals surface area contributed by atoms with Gasteiger partial charge in [0.1, 0.15) is 0 Å². The monoisotopic (exact) mass is 548 g/mol. The van der Waals surface area contributed by atoms with E-state index in [1.807, 2.05) is 0 Å². The van der Waals surface area contributed by atoms with Gasteiger partial charge in [-0.1, -0.05) is 23.7 Å². The van der Waals surface area contributed by atoms with Gasteiger partial charge in [-0.25, -0.2) is 8.42 Å². The molecule has 0 aromatic heterocycles. The van der Waals surface area contributed by atoms with Crippen molar-refractivity contribution in [2.45, 2.75) is 56.0 Å². The van der Waals surface area contributed by atoms with Crippen molar-refractivity contribution < 1.29 is 22.7 Å². The molecule has 1 unspecified atom stereocenters. The second-order valence-electron chi connectivity index (χ2n) is 9.76. The van der Waals surface area contributed by atoms with Crippen LogP contribution in [0, 0.1) is 5.92 Å². The zero-order valence-electron chi connectivity index (χ0n) is 21.1. The first kappa shape index (κ1) is 27.3. The van der Waals surface area contributed by atoms with Crippen molar-refractivity contribution in [2.75, 3.05) is 26.7 Å². The van der Waals surface area contributed by atoms with E-state index in [2.05, 4.69) is 4.99 Å². The topological polar surface area (TPSA) is 122 Å². The molecule has 1 aliphatic heterocycles. The van der Waals surface area contributed by atoms with Crippen LogP contribution in [0.15, 0.2) is 46.3 Å². The van der Waals surface area contributed by atoms with Crippen molar-refractivity contribution in [2.24, 2.45) is 16.6 Å². The van der Waals surface area contributed by atoms with E-state index in [1.54, 1.807) is 48.2 Å². The summed E-state index contributed by atoms with van der Waals surface area (Å²) in [7, 11) is -2.66. The van der Waals surface area contributed by atoms with Gasteiger partial charge in [-0.2, -0.15) is 4.31 Å². The molecule has 1 saturated carbocycles. The van der Waals surface area contributed by atoms with Crippen molar-refractivity contribution >= 4 is 50.1 Å². The van der Waals surface area contributed by atoms with Gasteiger partial charge in [0, 0.05) is 30.6 Å². The number of piperazine rings is 1. The van der Waals surface area contributed by atoms with E-state index in [1.165, 1.54) is 11.4 Å². The Balaban J connectivity index is 1.52. The smallest absolute Gasteiger partial charge is 0.307 e. The summed E-state index contributed by atoms with van der Waals surface area (Å²) < 4.78 is 33.6. The highest BCUT2D eigenvalue weighted by atomic mass is 35.5. The highest BCUT2D eigenvalue weighted by molar-refractivity contribution is 7.89. The van der Waals surface area contributed by atoms with Crippen LogP contribution in [0.5, 0.6) is 0 Å². The van der Waals surface area contributed by atoms with Crippen LogP contribution in [-0.4, -0.2) is 74.2 Å². The Labute approximate surface area is 222 Å². The second kappa shape index (κ2) is 11.4. The van der Waals surface area contributed by atoms with Gasteiger partial charge in [0.2, 0.25) is 15.9 Å². The summed E-state index contributed by atoms with van der Waals surface area (Å²) in [4.78, 5) is 31.8. The molecule has 1 aliphatic carbocycles. The Morgan fingerprint density at radius 2 is 1.76 bits per heavy atom. The van der Waals surface area contributed by atoms with Gasteiger partial charge in [0.15, 0.2) is 0 Å². The Bertz CT molecular complexity index is 1300. The Hall–Kier alpha value is -2.69. The fraction of sp³-hybridized carbons (Fsp3) is 0.500. The minimum atomic E-state index is -3.93. The van der Waals surface area contributed by atoms with Gasteiger partial charge in [-0.05, 0) is 67.6 Å². The third-order valence-electron chi connectivity index (χ3n) is 7.18. The fourth-order valence-electron chi connectivity index (χ4n) is 5.29. The average Bonchev–Trinajstić information content (AvgIpc) is 2.87. The molecule has 2 aromatic rings. The van der Waals surface area contributed by atoms with Gasteiger partial charge < -0.3 is 15.4 Å². The van der Waals surface area contributed by atoms with E-state index in [-0.39, 0.29) is 48.8 Å². The maximum Gasteiger partial charge on any atom is 0.307 e. The number of benzene rings is 2. The number of amidine groups is 1. The number of hydrogen-bond acceptors (Lipinski definition) is 6. The maximum atomic E-state index is 13.7. The number of methoxy groups -OCH3 is 1. The van der Waals surface area contributed by atoms with Crippen LogP contribution in [0.25, 0.3) is 10.8 Å². The normalized spacial score (nSPS) is 23.7. The van der Waals surface area contributed by atoms with Crippen LogP contribution in [0.3, 0.4) is 0 Å². The van der Waals surface area contributed by atoms with Gasteiger partial charge in [-0.3, -0.25) is 14.6 Å². The minimum Gasteiger partial charge on any atom is -0.469 e. The summed E-state index contributed by atoms with van der Waals surface area (Å²) in [5.74, 6) is -0.115. The molecule has 2 aliphatic rings. The van der Waals surface area contributed by atoms with Gasteiger partial charge in [0.05, 0.1) is 36.3 Å². The highest BCUT2D eigenvalue weighted by Gasteiger charge is 2.40. The highest BCUT2D eigenvalue weighted by Crippen LogP contribution is 2.31. The predicted molar refractivity (Wildman–Crippen MR) is 143 cm³/mol. The second-order valence-corrected chi connectivity index (χ2v) is 12.1. The van der Waals surface area contributed by atoms with E-state index in [0.29, 0.717) is 23.7 Å². The SMILES string of the molecule is COC(=O)CC1CN(C(=O)C2CCC(N=C(C)N)CC2)CCN1S(=O)(=O)c1ccc2cc(Cl)ccc2c1. The third kappa shape index (κ3) is 6.25. The van der Waals surface area contributed by atoms with Crippen LogP contribution in [0.2, 0.25) is 5.02 Å². The molecule has 1 heterocycles. The lowest BCUT2D eigenvalue weighted by atomic mass is 9.85. The third-order valence-corrected chi connectivity index (χ3v) is 9.37. The first-order valence-electron chi connectivity index (χ1n) is 12.4. The van der Waals surface area contributed by atoms with Crippen molar-refractivity contribution in [3.8, 4) is 0 Å². The molecule has 0 bridgehead atoms. The number of amides is 1. The van der Waals surface area contributed by atoms with Crippen LogP contribution < -0.4 is 5.73 Å². The number of hydrogen-bond donors (Lipinski definition) is 1. The number of nitrogens with zero attached hydrogens (tertiary/aromatic N) is 3. The summed E-state index contributed by atoms with van der Waals surface area (Å²) >= 11 is 6.06. The number of esters is 1. The lowest BCUT2D eigenvalue weighted by Gasteiger charge is -2.41. The summed E-state index contributed by atoms with van der Waals surface area (Å²) in [6.45, 7) is 2.26. The maximum absolute atomic E-state index is 13.7. The number of aliphatic imine (C=N–C) groups is 1. The van der Waals surface area contributed by atoms with Crippen LogP contribution in [0.1, 0.15) is 39.0 Å². The number of carbonyl (C=O) groups is 2. The summed E-state index contributed by atoms with van der Waals surface area (Å²) in [6, 6.07) is 9.54.